The normalized spacial score (nSPS) is 28.9. The van der Waals surface area contributed by atoms with E-state index in [2.05, 4.69) is 18.7 Å². The van der Waals surface area contributed by atoms with Crippen molar-refractivity contribution in [1.29, 1.82) is 0 Å². The van der Waals surface area contributed by atoms with Crippen molar-refractivity contribution in [2.24, 2.45) is 0 Å². The van der Waals surface area contributed by atoms with E-state index in [9.17, 15) is 5.11 Å². The van der Waals surface area contributed by atoms with Gasteiger partial charge in [0.1, 0.15) is 6.23 Å². The summed E-state index contributed by atoms with van der Waals surface area (Å²) in [5.74, 6) is 0. The maximum absolute atomic E-state index is 9.52. The van der Waals surface area contributed by atoms with Crippen LogP contribution >= 0.6 is 0 Å². The first-order valence-electron chi connectivity index (χ1n) is 4.23. The Morgan fingerprint density at radius 1 is 1.55 bits per heavy atom. The highest BCUT2D eigenvalue weighted by atomic mass is 16.5. The lowest BCUT2D eigenvalue weighted by Crippen LogP contribution is -2.41. The minimum Gasteiger partial charge on any atom is -0.377 e. The van der Waals surface area contributed by atoms with Crippen LogP contribution in [0.15, 0.2) is 0 Å². The van der Waals surface area contributed by atoms with Gasteiger partial charge in [0.2, 0.25) is 0 Å². The average molecular weight is 159 g/mol. The van der Waals surface area contributed by atoms with Crippen molar-refractivity contribution in [3.8, 4) is 0 Å². The maximum Gasteiger partial charge on any atom is 0.131 e. The highest BCUT2D eigenvalue weighted by Gasteiger charge is 2.20. The molecule has 1 N–H and O–H groups in total. The molecule has 1 atom stereocenters. The van der Waals surface area contributed by atoms with E-state index in [1.807, 2.05) is 0 Å². The largest absolute Gasteiger partial charge is 0.377 e. The third-order valence-corrected chi connectivity index (χ3v) is 2.02. The Morgan fingerprint density at radius 2 is 2.27 bits per heavy atom. The van der Waals surface area contributed by atoms with E-state index in [0.717, 1.165) is 19.6 Å². The molecule has 0 aromatic rings. The third-order valence-electron chi connectivity index (χ3n) is 2.02. The fraction of sp³-hybridized carbons (Fsp3) is 1.00. The van der Waals surface area contributed by atoms with Gasteiger partial charge in [0, 0.05) is 19.2 Å². The van der Waals surface area contributed by atoms with Crippen LogP contribution in [0, 0.1) is 0 Å². The molecule has 1 saturated heterocycles. The van der Waals surface area contributed by atoms with Crippen LogP contribution in [0.4, 0.5) is 0 Å². The van der Waals surface area contributed by atoms with Gasteiger partial charge in [-0.2, -0.15) is 0 Å². The summed E-state index contributed by atoms with van der Waals surface area (Å²) in [6.45, 7) is 6.36. The van der Waals surface area contributed by atoms with E-state index in [0.29, 0.717) is 12.6 Å². The van der Waals surface area contributed by atoms with Crippen LogP contribution in [0.3, 0.4) is 0 Å². The fourth-order valence-corrected chi connectivity index (χ4v) is 1.39. The first-order chi connectivity index (χ1) is 5.22. The van der Waals surface area contributed by atoms with Crippen LogP contribution in [-0.4, -0.2) is 42.0 Å². The summed E-state index contributed by atoms with van der Waals surface area (Å²) in [4.78, 5) is 2.06. The van der Waals surface area contributed by atoms with Crippen molar-refractivity contribution in [2.45, 2.75) is 32.5 Å². The van der Waals surface area contributed by atoms with Gasteiger partial charge in [-0.05, 0) is 20.3 Å². The summed E-state index contributed by atoms with van der Waals surface area (Å²) in [5.41, 5.74) is 0. The molecule has 1 aliphatic rings. The first-order valence-corrected chi connectivity index (χ1v) is 4.23. The Bertz CT molecular complexity index is 117. The van der Waals surface area contributed by atoms with Gasteiger partial charge in [0.25, 0.3) is 0 Å². The van der Waals surface area contributed by atoms with Crippen molar-refractivity contribution < 1.29 is 9.84 Å². The Kier molecular flexibility index (Phi) is 3.30. The highest BCUT2D eigenvalue weighted by molar-refractivity contribution is 4.68. The number of aliphatic hydroxyl groups is 1. The number of ether oxygens (including phenoxy) is 1. The highest BCUT2D eigenvalue weighted by Crippen LogP contribution is 2.08. The second kappa shape index (κ2) is 4.04. The van der Waals surface area contributed by atoms with Crippen LogP contribution in [0.5, 0.6) is 0 Å². The van der Waals surface area contributed by atoms with E-state index < -0.39 is 6.23 Å². The van der Waals surface area contributed by atoms with Gasteiger partial charge in [-0.1, -0.05) is 0 Å². The zero-order valence-electron chi connectivity index (χ0n) is 7.29. The average Bonchev–Trinajstić information content (AvgIpc) is 2.13. The SMILES string of the molecule is CC(C)N1CCCOC[C@H]1O. The van der Waals surface area contributed by atoms with Crippen molar-refractivity contribution in [3.05, 3.63) is 0 Å². The van der Waals surface area contributed by atoms with Crippen molar-refractivity contribution >= 4 is 0 Å². The van der Waals surface area contributed by atoms with Crippen LogP contribution < -0.4 is 0 Å². The Labute approximate surface area is 68.0 Å². The molecule has 1 heterocycles. The molecule has 1 rings (SSSR count). The molecule has 1 aliphatic heterocycles. The number of aliphatic hydroxyl groups excluding tert-OH is 1. The molecule has 0 radical (unpaired) electrons. The van der Waals surface area contributed by atoms with Crippen LogP contribution in [0.1, 0.15) is 20.3 Å². The zero-order chi connectivity index (χ0) is 8.27. The Balaban J connectivity index is 2.45. The minimum atomic E-state index is -0.405. The van der Waals surface area contributed by atoms with Crippen molar-refractivity contribution in [2.75, 3.05) is 19.8 Å². The smallest absolute Gasteiger partial charge is 0.131 e. The van der Waals surface area contributed by atoms with Crippen molar-refractivity contribution in [3.63, 3.8) is 0 Å². The van der Waals surface area contributed by atoms with Crippen LogP contribution in [0.25, 0.3) is 0 Å². The first kappa shape index (κ1) is 8.97. The lowest BCUT2D eigenvalue weighted by molar-refractivity contribution is -0.0475. The van der Waals surface area contributed by atoms with Gasteiger partial charge in [0.15, 0.2) is 0 Å². The van der Waals surface area contributed by atoms with E-state index >= 15 is 0 Å². The van der Waals surface area contributed by atoms with E-state index in [4.69, 9.17) is 4.74 Å². The number of hydrogen-bond donors (Lipinski definition) is 1. The quantitative estimate of drug-likeness (QED) is 0.602. The fourth-order valence-electron chi connectivity index (χ4n) is 1.39. The topological polar surface area (TPSA) is 32.7 Å². The van der Waals surface area contributed by atoms with Crippen LogP contribution in [-0.2, 0) is 4.74 Å². The van der Waals surface area contributed by atoms with E-state index in [-0.39, 0.29) is 0 Å². The standard InChI is InChI=1S/C8H17NO2/c1-7(2)9-4-3-5-11-6-8(9)10/h7-8,10H,3-6H2,1-2H3/t8-/m1/s1. The molecule has 11 heavy (non-hydrogen) atoms. The molecule has 0 aromatic carbocycles. The lowest BCUT2D eigenvalue weighted by Gasteiger charge is -2.28. The molecule has 0 aromatic heterocycles. The van der Waals surface area contributed by atoms with Gasteiger partial charge >= 0.3 is 0 Å². The molecular weight excluding hydrogens is 142 g/mol. The second-order valence-corrected chi connectivity index (χ2v) is 3.24. The zero-order valence-corrected chi connectivity index (χ0v) is 7.29. The molecule has 0 bridgehead atoms. The Morgan fingerprint density at radius 3 is 2.91 bits per heavy atom. The molecule has 3 heteroatoms. The molecule has 0 spiro atoms. The predicted octanol–water partition coefficient (Wildman–Crippen LogP) is 0.435. The molecule has 66 valence electrons. The molecular formula is C8H17NO2. The number of nitrogens with zero attached hydrogens (tertiary/aromatic N) is 1. The summed E-state index contributed by atoms with van der Waals surface area (Å²) in [6.07, 6.45) is 0.618. The van der Waals surface area contributed by atoms with E-state index in [1.165, 1.54) is 0 Å². The monoisotopic (exact) mass is 159 g/mol. The molecule has 0 saturated carbocycles. The number of rotatable bonds is 1. The van der Waals surface area contributed by atoms with Crippen LogP contribution in [0.2, 0.25) is 0 Å². The third kappa shape index (κ3) is 2.43. The van der Waals surface area contributed by atoms with E-state index in [1.54, 1.807) is 0 Å². The van der Waals surface area contributed by atoms with Gasteiger partial charge in [0.05, 0.1) is 6.61 Å². The van der Waals surface area contributed by atoms with Gasteiger partial charge in [-0.3, -0.25) is 4.90 Å². The van der Waals surface area contributed by atoms with Gasteiger partial charge in [-0.25, -0.2) is 0 Å². The van der Waals surface area contributed by atoms with Crippen molar-refractivity contribution in [1.82, 2.24) is 4.90 Å². The lowest BCUT2D eigenvalue weighted by atomic mass is 10.3. The summed E-state index contributed by atoms with van der Waals surface area (Å²) >= 11 is 0. The second-order valence-electron chi connectivity index (χ2n) is 3.24. The molecule has 0 aliphatic carbocycles. The summed E-state index contributed by atoms with van der Waals surface area (Å²) in [7, 11) is 0. The summed E-state index contributed by atoms with van der Waals surface area (Å²) in [5, 5.41) is 9.52. The van der Waals surface area contributed by atoms with Gasteiger partial charge in [-0.15, -0.1) is 0 Å². The molecule has 1 fully saturated rings. The molecule has 3 nitrogen and oxygen atoms in total. The maximum atomic E-state index is 9.52. The number of hydrogen-bond acceptors (Lipinski definition) is 3. The Hall–Kier alpha value is -0.120. The molecule has 0 unspecified atom stereocenters. The molecule has 0 amide bonds. The minimum absolute atomic E-state index is 0.405. The van der Waals surface area contributed by atoms with Gasteiger partial charge < -0.3 is 9.84 Å². The summed E-state index contributed by atoms with van der Waals surface area (Å²) in [6, 6.07) is 0.409. The predicted molar refractivity (Wildman–Crippen MR) is 43.3 cm³/mol. The summed E-state index contributed by atoms with van der Waals surface area (Å²) < 4.78 is 5.20.